The standard InChI is InChI=1S/C13H17NO5/c15-11(16)10-9(4-7-19-10)8-14-12(17)13(18)5-2-1-3-6-13/h4,7,18H,1-3,5-6,8H2,(H,14,17)(H,15,16). The summed E-state index contributed by atoms with van der Waals surface area (Å²) in [6, 6.07) is 1.49. The lowest BCUT2D eigenvalue weighted by Crippen LogP contribution is -2.47. The first-order chi connectivity index (χ1) is 9.03. The molecule has 1 aromatic rings. The van der Waals surface area contributed by atoms with Crippen molar-refractivity contribution in [1.82, 2.24) is 5.32 Å². The van der Waals surface area contributed by atoms with Crippen LogP contribution in [0.1, 0.15) is 48.2 Å². The summed E-state index contributed by atoms with van der Waals surface area (Å²) in [7, 11) is 0. The topological polar surface area (TPSA) is 99.8 Å². The van der Waals surface area contributed by atoms with E-state index in [2.05, 4.69) is 5.32 Å². The predicted molar refractivity (Wildman–Crippen MR) is 65.5 cm³/mol. The molecule has 0 aliphatic heterocycles. The number of rotatable bonds is 4. The molecule has 0 aromatic carbocycles. The SMILES string of the molecule is O=C(O)c1occc1CNC(=O)C1(O)CCCCC1. The number of furan rings is 1. The minimum atomic E-state index is -1.31. The molecule has 0 unspecified atom stereocenters. The molecule has 2 rings (SSSR count). The van der Waals surface area contributed by atoms with Crippen molar-refractivity contribution in [2.45, 2.75) is 44.2 Å². The highest BCUT2D eigenvalue weighted by Gasteiger charge is 2.36. The number of carboxylic acid groups (broad SMARTS) is 1. The van der Waals surface area contributed by atoms with Gasteiger partial charge < -0.3 is 19.9 Å². The maximum absolute atomic E-state index is 12.0. The van der Waals surface area contributed by atoms with E-state index in [1.165, 1.54) is 12.3 Å². The number of carbonyl (C=O) groups is 2. The Hall–Kier alpha value is -1.82. The van der Waals surface area contributed by atoms with Gasteiger partial charge in [-0.3, -0.25) is 4.79 Å². The van der Waals surface area contributed by atoms with Crippen molar-refractivity contribution < 1.29 is 24.2 Å². The number of amides is 1. The molecule has 1 aromatic heterocycles. The van der Waals surface area contributed by atoms with Crippen LogP contribution in [-0.2, 0) is 11.3 Å². The van der Waals surface area contributed by atoms with Gasteiger partial charge in [0, 0.05) is 12.1 Å². The van der Waals surface area contributed by atoms with E-state index >= 15 is 0 Å². The summed E-state index contributed by atoms with van der Waals surface area (Å²) in [5.41, 5.74) is -0.925. The maximum Gasteiger partial charge on any atom is 0.372 e. The molecule has 0 atom stereocenters. The van der Waals surface area contributed by atoms with Gasteiger partial charge in [-0.25, -0.2) is 4.79 Å². The molecule has 1 amide bonds. The van der Waals surface area contributed by atoms with Crippen molar-refractivity contribution in [2.24, 2.45) is 0 Å². The van der Waals surface area contributed by atoms with E-state index in [9.17, 15) is 14.7 Å². The van der Waals surface area contributed by atoms with Gasteiger partial charge in [0.1, 0.15) is 5.60 Å². The minimum Gasteiger partial charge on any atom is -0.475 e. The average molecular weight is 267 g/mol. The van der Waals surface area contributed by atoms with Crippen LogP contribution in [0.15, 0.2) is 16.7 Å². The highest BCUT2D eigenvalue weighted by atomic mass is 16.4. The van der Waals surface area contributed by atoms with E-state index in [0.717, 1.165) is 19.3 Å². The second-order valence-electron chi connectivity index (χ2n) is 4.86. The monoisotopic (exact) mass is 267 g/mol. The molecular weight excluding hydrogens is 250 g/mol. The lowest BCUT2D eigenvalue weighted by molar-refractivity contribution is -0.143. The molecule has 0 bridgehead atoms. The molecule has 1 heterocycles. The number of hydrogen-bond acceptors (Lipinski definition) is 4. The third kappa shape index (κ3) is 2.96. The van der Waals surface area contributed by atoms with Gasteiger partial charge in [-0.2, -0.15) is 0 Å². The zero-order valence-electron chi connectivity index (χ0n) is 10.5. The summed E-state index contributed by atoms with van der Waals surface area (Å²) in [6.07, 6.45) is 4.86. The molecule has 1 fully saturated rings. The van der Waals surface area contributed by atoms with E-state index in [-0.39, 0.29) is 12.3 Å². The van der Waals surface area contributed by atoms with Gasteiger partial charge in [0.25, 0.3) is 5.91 Å². The first-order valence-electron chi connectivity index (χ1n) is 6.33. The fourth-order valence-corrected chi connectivity index (χ4v) is 2.37. The average Bonchev–Trinajstić information content (AvgIpc) is 2.85. The molecular formula is C13H17NO5. The lowest BCUT2D eigenvalue weighted by atomic mass is 9.84. The number of hydrogen-bond donors (Lipinski definition) is 3. The smallest absolute Gasteiger partial charge is 0.372 e. The van der Waals surface area contributed by atoms with Gasteiger partial charge in [0.15, 0.2) is 0 Å². The van der Waals surface area contributed by atoms with E-state index in [0.29, 0.717) is 18.4 Å². The van der Waals surface area contributed by atoms with Crippen molar-refractivity contribution in [3.05, 3.63) is 23.7 Å². The van der Waals surface area contributed by atoms with Crippen LogP contribution in [0.25, 0.3) is 0 Å². The Balaban J connectivity index is 1.96. The third-order valence-corrected chi connectivity index (χ3v) is 3.48. The van der Waals surface area contributed by atoms with Crippen LogP contribution >= 0.6 is 0 Å². The van der Waals surface area contributed by atoms with Gasteiger partial charge in [-0.1, -0.05) is 19.3 Å². The van der Waals surface area contributed by atoms with Crippen LogP contribution < -0.4 is 5.32 Å². The summed E-state index contributed by atoms with van der Waals surface area (Å²) in [5, 5.41) is 21.6. The first-order valence-corrected chi connectivity index (χ1v) is 6.33. The van der Waals surface area contributed by atoms with Crippen molar-refractivity contribution in [3.8, 4) is 0 Å². The van der Waals surface area contributed by atoms with E-state index in [1.807, 2.05) is 0 Å². The number of nitrogens with one attached hydrogen (secondary N) is 1. The number of aliphatic hydroxyl groups is 1. The third-order valence-electron chi connectivity index (χ3n) is 3.48. The van der Waals surface area contributed by atoms with Crippen molar-refractivity contribution in [1.29, 1.82) is 0 Å². The van der Waals surface area contributed by atoms with Gasteiger partial charge >= 0.3 is 5.97 Å². The molecule has 0 radical (unpaired) electrons. The second-order valence-corrected chi connectivity index (χ2v) is 4.86. The van der Waals surface area contributed by atoms with Crippen molar-refractivity contribution >= 4 is 11.9 Å². The zero-order chi connectivity index (χ0) is 13.9. The largest absolute Gasteiger partial charge is 0.475 e. The van der Waals surface area contributed by atoms with E-state index < -0.39 is 17.5 Å². The van der Waals surface area contributed by atoms with Crippen molar-refractivity contribution in [3.63, 3.8) is 0 Å². The Morgan fingerprint density at radius 1 is 1.32 bits per heavy atom. The van der Waals surface area contributed by atoms with Gasteiger partial charge in [0.05, 0.1) is 6.26 Å². The summed E-state index contributed by atoms with van der Waals surface area (Å²) in [6.45, 7) is 0.0409. The highest BCUT2D eigenvalue weighted by molar-refractivity contribution is 5.87. The summed E-state index contributed by atoms with van der Waals surface area (Å²) in [5.74, 6) is -1.80. The molecule has 19 heavy (non-hydrogen) atoms. The Morgan fingerprint density at radius 2 is 2.00 bits per heavy atom. The van der Waals surface area contributed by atoms with Gasteiger partial charge in [-0.15, -0.1) is 0 Å². The normalized spacial score (nSPS) is 17.9. The van der Waals surface area contributed by atoms with Crippen LogP contribution in [-0.4, -0.2) is 27.7 Å². The Morgan fingerprint density at radius 3 is 2.63 bits per heavy atom. The van der Waals surface area contributed by atoms with E-state index in [1.54, 1.807) is 0 Å². The van der Waals surface area contributed by atoms with Crippen LogP contribution in [0, 0.1) is 0 Å². The fourth-order valence-electron chi connectivity index (χ4n) is 2.37. The molecule has 3 N–H and O–H groups in total. The quantitative estimate of drug-likeness (QED) is 0.763. The highest BCUT2D eigenvalue weighted by Crippen LogP contribution is 2.28. The fraction of sp³-hybridized carbons (Fsp3) is 0.538. The van der Waals surface area contributed by atoms with Crippen LogP contribution in [0.3, 0.4) is 0 Å². The van der Waals surface area contributed by atoms with Gasteiger partial charge in [-0.05, 0) is 18.9 Å². The number of carbonyl (C=O) groups excluding carboxylic acids is 1. The Kier molecular flexibility index (Phi) is 3.90. The maximum atomic E-state index is 12.0. The molecule has 104 valence electrons. The molecule has 1 aliphatic rings. The Bertz CT molecular complexity index is 473. The summed E-state index contributed by atoms with van der Waals surface area (Å²) >= 11 is 0. The number of aromatic carboxylic acids is 1. The van der Waals surface area contributed by atoms with Crippen LogP contribution in [0.2, 0.25) is 0 Å². The molecule has 1 aliphatic carbocycles. The summed E-state index contributed by atoms with van der Waals surface area (Å²) in [4.78, 5) is 22.8. The summed E-state index contributed by atoms with van der Waals surface area (Å²) < 4.78 is 4.82. The molecule has 6 nitrogen and oxygen atoms in total. The molecule has 6 heteroatoms. The molecule has 0 saturated heterocycles. The lowest BCUT2D eigenvalue weighted by Gasteiger charge is -2.30. The zero-order valence-corrected chi connectivity index (χ0v) is 10.5. The van der Waals surface area contributed by atoms with E-state index in [4.69, 9.17) is 9.52 Å². The molecule has 1 saturated carbocycles. The first kappa shape index (κ1) is 13.6. The second kappa shape index (κ2) is 5.44. The predicted octanol–water partition coefficient (Wildman–Crippen LogP) is 1.29. The van der Waals surface area contributed by atoms with Crippen molar-refractivity contribution in [2.75, 3.05) is 0 Å². The Labute approximate surface area is 110 Å². The minimum absolute atomic E-state index is 0.0409. The van der Waals surface area contributed by atoms with Crippen LogP contribution in [0.4, 0.5) is 0 Å². The van der Waals surface area contributed by atoms with Gasteiger partial charge in [0.2, 0.25) is 5.76 Å². The molecule has 0 spiro atoms. The number of carboxylic acids is 1. The van der Waals surface area contributed by atoms with Crippen LogP contribution in [0.5, 0.6) is 0 Å².